The number of halogens is 2. The van der Waals surface area contributed by atoms with Crippen LogP contribution in [0.1, 0.15) is 34.0 Å². The molecule has 0 aliphatic carbocycles. The monoisotopic (exact) mass is 409 g/mol. The maximum atomic E-state index is 12.4. The molecule has 0 aromatic heterocycles. The van der Waals surface area contributed by atoms with E-state index in [0.29, 0.717) is 15.6 Å². The van der Waals surface area contributed by atoms with Crippen molar-refractivity contribution >= 4 is 40.4 Å². The molecule has 0 aliphatic rings. The molecule has 4 heteroatoms. The zero-order chi connectivity index (χ0) is 20.1. The molecule has 3 rings (SSSR count). The van der Waals surface area contributed by atoms with E-state index in [2.05, 4.69) is 11.4 Å². The predicted molar refractivity (Wildman–Crippen MR) is 119 cm³/mol. The van der Waals surface area contributed by atoms with Crippen LogP contribution < -0.4 is 5.32 Å². The van der Waals surface area contributed by atoms with E-state index in [-0.39, 0.29) is 5.91 Å². The van der Waals surface area contributed by atoms with Crippen LogP contribution >= 0.6 is 23.2 Å². The Labute approximate surface area is 175 Å². The van der Waals surface area contributed by atoms with Gasteiger partial charge in [-0.1, -0.05) is 65.7 Å². The summed E-state index contributed by atoms with van der Waals surface area (Å²) in [7, 11) is 0. The van der Waals surface area contributed by atoms with Crippen LogP contribution in [-0.2, 0) is 6.42 Å². The van der Waals surface area contributed by atoms with Crippen molar-refractivity contribution < 1.29 is 4.79 Å². The zero-order valence-corrected chi connectivity index (χ0v) is 17.3. The minimum absolute atomic E-state index is 0.108. The van der Waals surface area contributed by atoms with Crippen molar-refractivity contribution in [3.05, 3.63) is 105 Å². The highest BCUT2D eigenvalue weighted by Crippen LogP contribution is 2.26. The van der Waals surface area contributed by atoms with Gasteiger partial charge in [0.05, 0.1) is 10.0 Å². The third kappa shape index (κ3) is 5.03. The Bertz CT molecular complexity index is 1020. The number of allylic oxidation sites excluding steroid dienone is 2. The summed E-state index contributed by atoms with van der Waals surface area (Å²) in [5, 5.41) is 4.06. The van der Waals surface area contributed by atoms with Gasteiger partial charge in [0.15, 0.2) is 0 Å². The molecule has 0 spiro atoms. The summed E-state index contributed by atoms with van der Waals surface area (Å²) in [6.45, 7) is 4.02. The second kappa shape index (κ2) is 9.09. The molecular formula is C24H21Cl2NO. The molecular weight excluding hydrogens is 389 g/mol. The molecule has 1 N–H and O–H groups in total. The highest BCUT2D eigenvalue weighted by atomic mass is 35.5. The average molecular weight is 410 g/mol. The summed E-state index contributed by atoms with van der Waals surface area (Å²) in [4.78, 5) is 12.4. The molecule has 28 heavy (non-hydrogen) atoms. The SMILES string of the molecule is CC(=CCc1ccc(C(=O)Nc2ccccc2C)cc1)c1ccc(Cl)c(Cl)c1. The van der Waals surface area contributed by atoms with Gasteiger partial charge in [0.25, 0.3) is 5.91 Å². The zero-order valence-electron chi connectivity index (χ0n) is 15.8. The highest BCUT2D eigenvalue weighted by Gasteiger charge is 2.07. The Balaban J connectivity index is 1.66. The lowest BCUT2D eigenvalue weighted by Crippen LogP contribution is -2.12. The number of carbonyl (C=O) groups excluding carboxylic acids is 1. The van der Waals surface area contributed by atoms with Crippen LogP contribution in [0.2, 0.25) is 10.0 Å². The third-order valence-electron chi connectivity index (χ3n) is 4.63. The number of anilines is 1. The van der Waals surface area contributed by atoms with Gasteiger partial charge in [0.2, 0.25) is 0 Å². The van der Waals surface area contributed by atoms with Gasteiger partial charge in [-0.15, -0.1) is 0 Å². The van der Waals surface area contributed by atoms with E-state index >= 15 is 0 Å². The molecule has 0 unspecified atom stereocenters. The van der Waals surface area contributed by atoms with Crippen molar-refractivity contribution in [1.29, 1.82) is 0 Å². The van der Waals surface area contributed by atoms with Crippen LogP contribution in [0.4, 0.5) is 5.69 Å². The Kier molecular flexibility index (Phi) is 6.56. The van der Waals surface area contributed by atoms with E-state index in [1.807, 2.05) is 74.5 Å². The van der Waals surface area contributed by atoms with Gasteiger partial charge in [-0.05, 0) is 72.9 Å². The molecule has 0 radical (unpaired) electrons. The van der Waals surface area contributed by atoms with Gasteiger partial charge in [-0.25, -0.2) is 0 Å². The van der Waals surface area contributed by atoms with Crippen LogP contribution in [-0.4, -0.2) is 5.91 Å². The maximum absolute atomic E-state index is 12.4. The van der Waals surface area contributed by atoms with Crippen molar-refractivity contribution in [2.75, 3.05) is 5.32 Å². The molecule has 1 amide bonds. The molecule has 0 saturated carbocycles. The Morgan fingerprint density at radius 2 is 1.61 bits per heavy atom. The van der Waals surface area contributed by atoms with Gasteiger partial charge in [-0.2, -0.15) is 0 Å². The number of nitrogens with one attached hydrogen (secondary N) is 1. The highest BCUT2D eigenvalue weighted by molar-refractivity contribution is 6.42. The van der Waals surface area contributed by atoms with Crippen molar-refractivity contribution in [3.63, 3.8) is 0 Å². The summed E-state index contributed by atoms with van der Waals surface area (Å²) in [6, 6.07) is 21.0. The number of rotatable bonds is 5. The normalized spacial score (nSPS) is 11.4. The van der Waals surface area contributed by atoms with Gasteiger partial charge in [0.1, 0.15) is 0 Å². The van der Waals surface area contributed by atoms with E-state index in [1.165, 1.54) is 0 Å². The summed E-state index contributed by atoms with van der Waals surface area (Å²) < 4.78 is 0. The van der Waals surface area contributed by atoms with Crippen molar-refractivity contribution in [3.8, 4) is 0 Å². The number of para-hydroxylation sites is 1. The maximum Gasteiger partial charge on any atom is 0.255 e. The third-order valence-corrected chi connectivity index (χ3v) is 5.37. The fourth-order valence-corrected chi connectivity index (χ4v) is 3.13. The lowest BCUT2D eigenvalue weighted by Gasteiger charge is -2.08. The van der Waals surface area contributed by atoms with Gasteiger partial charge >= 0.3 is 0 Å². The lowest BCUT2D eigenvalue weighted by atomic mass is 10.0. The second-order valence-electron chi connectivity index (χ2n) is 6.69. The average Bonchev–Trinajstić information content (AvgIpc) is 2.70. The molecule has 0 aliphatic heterocycles. The minimum atomic E-state index is -0.108. The molecule has 0 bridgehead atoms. The number of aryl methyl sites for hydroxylation is 1. The van der Waals surface area contributed by atoms with Gasteiger partial charge in [-0.3, -0.25) is 4.79 Å². The molecule has 3 aromatic carbocycles. The molecule has 2 nitrogen and oxygen atoms in total. The summed E-state index contributed by atoms with van der Waals surface area (Å²) in [5.41, 5.74) is 5.81. The van der Waals surface area contributed by atoms with E-state index < -0.39 is 0 Å². The van der Waals surface area contributed by atoms with Gasteiger partial charge < -0.3 is 5.32 Å². The fourth-order valence-electron chi connectivity index (χ4n) is 2.83. The van der Waals surface area contributed by atoms with E-state index in [1.54, 1.807) is 6.07 Å². The molecule has 0 saturated heterocycles. The van der Waals surface area contributed by atoms with Crippen LogP contribution in [0.3, 0.4) is 0 Å². The van der Waals surface area contributed by atoms with Gasteiger partial charge in [0, 0.05) is 11.3 Å². The number of amides is 1. The first kappa shape index (κ1) is 20.2. The van der Waals surface area contributed by atoms with E-state index in [0.717, 1.165) is 34.4 Å². The standard InChI is InChI=1S/C24H21Cl2NO/c1-16(20-13-14-21(25)22(26)15-20)7-8-18-9-11-19(12-10-18)24(28)27-23-6-4-3-5-17(23)2/h3-7,9-15H,8H2,1-2H3,(H,27,28). The van der Waals surface area contributed by atoms with Crippen molar-refractivity contribution in [1.82, 2.24) is 0 Å². The predicted octanol–water partition coefficient (Wildman–Crippen LogP) is 7.20. The number of hydrogen-bond acceptors (Lipinski definition) is 1. The van der Waals surface area contributed by atoms with Crippen molar-refractivity contribution in [2.24, 2.45) is 0 Å². The van der Waals surface area contributed by atoms with Crippen molar-refractivity contribution in [2.45, 2.75) is 20.3 Å². The number of carbonyl (C=O) groups is 1. The summed E-state index contributed by atoms with van der Waals surface area (Å²) in [5.74, 6) is -0.108. The first-order chi connectivity index (χ1) is 13.4. The second-order valence-corrected chi connectivity index (χ2v) is 7.50. The first-order valence-corrected chi connectivity index (χ1v) is 9.78. The molecule has 142 valence electrons. The molecule has 0 atom stereocenters. The van der Waals surface area contributed by atoms with E-state index in [4.69, 9.17) is 23.2 Å². The number of benzene rings is 3. The quantitative estimate of drug-likeness (QED) is 0.473. The lowest BCUT2D eigenvalue weighted by molar-refractivity contribution is 0.102. The van der Waals surface area contributed by atoms with Crippen LogP contribution in [0, 0.1) is 6.92 Å². The Hall–Kier alpha value is -2.55. The molecule has 3 aromatic rings. The molecule has 0 fully saturated rings. The van der Waals surface area contributed by atoms with Crippen LogP contribution in [0.5, 0.6) is 0 Å². The topological polar surface area (TPSA) is 29.1 Å². The van der Waals surface area contributed by atoms with E-state index in [9.17, 15) is 4.79 Å². The first-order valence-electron chi connectivity index (χ1n) is 9.02. The smallest absolute Gasteiger partial charge is 0.255 e. The Morgan fingerprint density at radius 1 is 0.929 bits per heavy atom. The van der Waals surface area contributed by atoms with Crippen LogP contribution in [0.15, 0.2) is 72.8 Å². The summed E-state index contributed by atoms with van der Waals surface area (Å²) in [6.07, 6.45) is 2.91. The summed E-state index contributed by atoms with van der Waals surface area (Å²) >= 11 is 12.1. The van der Waals surface area contributed by atoms with Crippen LogP contribution in [0.25, 0.3) is 5.57 Å². The minimum Gasteiger partial charge on any atom is -0.322 e. The fraction of sp³-hybridized carbons (Fsp3) is 0.125. The Morgan fingerprint density at radius 3 is 2.29 bits per heavy atom. The largest absolute Gasteiger partial charge is 0.322 e. The number of hydrogen-bond donors (Lipinski definition) is 1. The molecule has 0 heterocycles.